The fraction of sp³-hybridized carbons (Fsp3) is 0.636. The summed E-state index contributed by atoms with van der Waals surface area (Å²) >= 11 is 0. The Morgan fingerprint density at radius 3 is 2.84 bits per heavy atom. The molecular formula is C11H18N4O3S. The van der Waals surface area contributed by atoms with Gasteiger partial charge >= 0.3 is 0 Å². The summed E-state index contributed by atoms with van der Waals surface area (Å²) in [5.41, 5.74) is 0.499. The Morgan fingerprint density at radius 2 is 2.26 bits per heavy atom. The van der Waals surface area contributed by atoms with Crippen LogP contribution in [-0.2, 0) is 14.8 Å². The van der Waals surface area contributed by atoms with Crippen molar-refractivity contribution in [1.29, 1.82) is 0 Å². The molecule has 1 amide bonds. The average molecular weight is 286 g/mol. The second-order valence-electron chi connectivity index (χ2n) is 4.70. The molecule has 0 aliphatic heterocycles. The second kappa shape index (κ2) is 5.70. The molecule has 1 fully saturated rings. The van der Waals surface area contributed by atoms with Crippen LogP contribution in [0.1, 0.15) is 31.4 Å². The van der Waals surface area contributed by atoms with Crippen LogP contribution in [0.2, 0.25) is 0 Å². The Balaban J connectivity index is 1.72. The topological polar surface area (TPSA) is 104 Å². The van der Waals surface area contributed by atoms with Gasteiger partial charge in [0, 0.05) is 19.0 Å². The van der Waals surface area contributed by atoms with Gasteiger partial charge in [-0.2, -0.15) is 5.10 Å². The van der Waals surface area contributed by atoms with Gasteiger partial charge in [-0.3, -0.25) is 9.89 Å². The van der Waals surface area contributed by atoms with E-state index in [0.29, 0.717) is 24.6 Å². The monoisotopic (exact) mass is 286 g/mol. The predicted molar refractivity (Wildman–Crippen MR) is 68.9 cm³/mol. The molecule has 19 heavy (non-hydrogen) atoms. The van der Waals surface area contributed by atoms with E-state index >= 15 is 0 Å². The number of sulfonamides is 1. The Morgan fingerprint density at radius 1 is 1.53 bits per heavy atom. The van der Waals surface area contributed by atoms with Crippen molar-refractivity contribution in [3.05, 3.63) is 11.9 Å². The van der Waals surface area contributed by atoms with Crippen molar-refractivity contribution >= 4 is 15.9 Å². The Kier molecular flexibility index (Phi) is 4.20. The Labute approximate surface area is 112 Å². The summed E-state index contributed by atoms with van der Waals surface area (Å²) in [4.78, 5) is 11.5. The first-order chi connectivity index (χ1) is 8.99. The van der Waals surface area contributed by atoms with Crippen LogP contribution in [-0.4, -0.2) is 37.1 Å². The lowest BCUT2D eigenvalue weighted by Gasteiger charge is -2.06. The summed E-state index contributed by atoms with van der Waals surface area (Å²) < 4.78 is 26.2. The number of carbonyl (C=O) groups excluding carboxylic acids is 1. The summed E-state index contributed by atoms with van der Waals surface area (Å²) in [7, 11) is -3.53. The number of H-pyrrole nitrogens is 1. The first-order valence-corrected chi connectivity index (χ1v) is 7.76. The normalized spacial score (nSPS) is 15.4. The molecular weight excluding hydrogens is 268 g/mol. The molecule has 1 aliphatic carbocycles. The maximum Gasteiger partial charge on any atom is 0.243 e. The van der Waals surface area contributed by atoms with Crippen molar-refractivity contribution in [3.8, 4) is 0 Å². The van der Waals surface area contributed by atoms with Gasteiger partial charge in [0.25, 0.3) is 0 Å². The second-order valence-corrected chi connectivity index (χ2v) is 6.44. The van der Waals surface area contributed by atoms with Crippen molar-refractivity contribution in [2.45, 2.75) is 43.5 Å². The minimum absolute atomic E-state index is 0.0128. The summed E-state index contributed by atoms with van der Waals surface area (Å²) in [6, 6.07) is 0.345. The molecule has 1 aromatic rings. The maximum atomic E-state index is 11.9. The molecule has 3 N–H and O–H groups in total. The zero-order chi connectivity index (χ0) is 13.9. The van der Waals surface area contributed by atoms with Crippen LogP contribution >= 0.6 is 0 Å². The highest BCUT2D eigenvalue weighted by Crippen LogP contribution is 2.18. The van der Waals surface area contributed by atoms with Crippen LogP contribution < -0.4 is 10.0 Å². The molecule has 0 saturated heterocycles. The van der Waals surface area contributed by atoms with Gasteiger partial charge in [0.1, 0.15) is 4.90 Å². The third-order valence-electron chi connectivity index (χ3n) is 2.89. The molecule has 1 saturated carbocycles. The minimum atomic E-state index is -3.53. The summed E-state index contributed by atoms with van der Waals surface area (Å²) in [6.07, 6.45) is 4.20. The molecule has 0 radical (unpaired) electrons. The van der Waals surface area contributed by atoms with Gasteiger partial charge in [0.15, 0.2) is 0 Å². The zero-order valence-corrected chi connectivity index (χ0v) is 11.6. The lowest BCUT2D eigenvalue weighted by Crippen LogP contribution is -2.28. The van der Waals surface area contributed by atoms with Gasteiger partial charge in [0.2, 0.25) is 15.9 Å². The van der Waals surface area contributed by atoms with Crippen molar-refractivity contribution in [2.24, 2.45) is 0 Å². The third kappa shape index (κ3) is 4.03. The van der Waals surface area contributed by atoms with Gasteiger partial charge in [0.05, 0.1) is 11.9 Å². The van der Waals surface area contributed by atoms with Crippen molar-refractivity contribution in [1.82, 2.24) is 20.2 Å². The lowest BCUT2D eigenvalue weighted by molar-refractivity contribution is -0.121. The molecule has 106 valence electrons. The molecule has 1 heterocycles. The van der Waals surface area contributed by atoms with Crippen LogP contribution in [0, 0.1) is 6.92 Å². The molecule has 1 aliphatic rings. The molecule has 0 unspecified atom stereocenters. The summed E-state index contributed by atoms with van der Waals surface area (Å²) in [6.45, 7) is 1.88. The first-order valence-electron chi connectivity index (χ1n) is 6.28. The Bertz CT molecular complexity index is 548. The van der Waals surface area contributed by atoms with Crippen molar-refractivity contribution < 1.29 is 13.2 Å². The number of aromatic nitrogens is 2. The summed E-state index contributed by atoms with van der Waals surface area (Å²) in [5.74, 6) is -0.0128. The molecule has 2 rings (SSSR count). The first kappa shape index (κ1) is 14.0. The number of carbonyl (C=O) groups is 1. The van der Waals surface area contributed by atoms with Crippen LogP contribution in [0.4, 0.5) is 0 Å². The highest BCUT2D eigenvalue weighted by Gasteiger charge is 2.23. The summed E-state index contributed by atoms with van der Waals surface area (Å²) in [5, 5.41) is 9.11. The van der Waals surface area contributed by atoms with Gasteiger partial charge in [-0.25, -0.2) is 13.1 Å². The van der Waals surface area contributed by atoms with E-state index in [0.717, 1.165) is 12.8 Å². The highest BCUT2D eigenvalue weighted by atomic mass is 32.2. The minimum Gasteiger partial charge on any atom is -0.353 e. The lowest BCUT2D eigenvalue weighted by atomic mass is 10.3. The van der Waals surface area contributed by atoms with Crippen LogP contribution in [0.3, 0.4) is 0 Å². The van der Waals surface area contributed by atoms with E-state index in [-0.39, 0.29) is 17.3 Å². The molecule has 0 aromatic carbocycles. The highest BCUT2D eigenvalue weighted by molar-refractivity contribution is 7.89. The largest absolute Gasteiger partial charge is 0.353 e. The number of nitrogens with one attached hydrogen (secondary N) is 3. The van der Waals surface area contributed by atoms with Crippen molar-refractivity contribution in [3.63, 3.8) is 0 Å². The van der Waals surface area contributed by atoms with Gasteiger partial charge in [-0.15, -0.1) is 0 Å². The van der Waals surface area contributed by atoms with E-state index in [1.54, 1.807) is 6.92 Å². The zero-order valence-electron chi connectivity index (χ0n) is 10.8. The molecule has 8 heteroatoms. The van der Waals surface area contributed by atoms with E-state index < -0.39 is 10.0 Å². The van der Waals surface area contributed by atoms with E-state index in [1.165, 1.54) is 6.20 Å². The van der Waals surface area contributed by atoms with E-state index in [2.05, 4.69) is 20.2 Å². The maximum absolute atomic E-state index is 11.9. The number of nitrogens with zero attached hydrogens (tertiary/aromatic N) is 1. The molecule has 0 spiro atoms. The quantitative estimate of drug-likeness (QED) is 0.616. The molecule has 0 atom stereocenters. The van der Waals surface area contributed by atoms with E-state index in [1.807, 2.05) is 0 Å². The van der Waals surface area contributed by atoms with Crippen LogP contribution in [0.15, 0.2) is 11.1 Å². The molecule has 0 bridgehead atoms. The SMILES string of the molecule is Cc1[nH]ncc1S(=O)(=O)NCCCC(=O)NC1CC1. The number of rotatable bonds is 7. The fourth-order valence-electron chi connectivity index (χ4n) is 1.67. The van der Waals surface area contributed by atoms with E-state index in [9.17, 15) is 13.2 Å². The standard InChI is InChI=1S/C11H18N4O3S/c1-8-10(7-12-15-8)19(17,18)13-6-2-3-11(16)14-9-4-5-9/h7,9,13H,2-6H2,1H3,(H,12,15)(H,14,16). The van der Waals surface area contributed by atoms with Crippen molar-refractivity contribution in [2.75, 3.05) is 6.54 Å². The fourth-order valence-corrected chi connectivity index (χ4v) is 2.88. The van der Waals surface area contributed by atoms with Gasteiger partial charge in [-0.1, -0.05) is 0 Å². The van der Waals surface area contributed by atoms with Gasteiger partial charge in [-0.05, 0) is 26.2 Å². The number of hydrogen-bond acceptors (Lipinski definition) is 4. The Hall–Kier alpha value is -1.41. The van der Waals surface area contributed by atoms with Crippen LogP contribution in [0.25, 0.3) is 0 Å². The number of aryl methyl sites for hydroxylation is 1. The number of amides is 1. The van der Waals surface area contributed by atoms with E-state index in [4.69, 9.17) is 0 Å². The molecule has 7 nitrogen and oxygen atoms in total. The predicted octanol–water partition coefficient (Wildman–Crippen LogP) is 0.0552. The molecule has 1 aromatic heterocycles. The smallest absolute Gasteiger partial charge is 0.243 e. The average Bonchev–Trinajstić information content (AvgIpc) is 3.03. The third-order valence-corrected chi connectivity index (χ3v) is 4.46. The van der Waals surface area contributed by atoms with Gasteiger partial charge < -0.3 is 5.32 Å². The number of hydrogen-bond donors (Lipinski definition) is 3. The number of aromatic amines is 1. The van der Waals surface area contributed by atoms with Crippen LogP contribution in [0.5, 0.6) is 0 Å².